The summed E-state index contributed by atoms with van der Waals surface area (Å²) in [4.78, 5) is 19.9. The van der Waals surface area contributed by atoms with Gasteiger partial charge in [0.25, 0.3) is 0 Å². The van der Waals surface area contributed by atoms with Crippen LogP contribution in [0, 0.1) is 18.8 Å². The molecule has 0 atom stereocenters. The van der Waals surface area contributed by atoms with Crippen molar-refractivity contribution in [1.82, 2.24) is 19.4 Å². The molecule has 0 fully saturated rings. The fourth-order valence-corrected chi connectivity index (χ4v) is 2.67. The van der Waals surface area contributed by atoms with Crippen molar-refractivity contribution in [3.8, 4) is 11.8 Å². The van der Waals surface area contributed by atoms with Crippen LogP contribution in [0.5, 0.6) is 0 Å². The Bertz CT molecular complexity index is 795. The maximum atomic E-state index is 12.0. The molecule has 2 amide bonds. The molecule has 3 rings (SSSR count). The Morgan fingerprint density at radius 2 is 2.09 bits per heavy atom. The molecule has 2 heterocycles. The molecule has 0 spiro atoms. The molecule has 0 saturated heterocycles. The van der Waals surface area contributed by atoms with E-state index in [9.17, 15) is 4.79 Å². The number of carbonyl (C=O) groups excluding carboxylic acids is 1. The summed E-state index contributed by atoms with van der Waals surface area (Å²) >= 11 is 0. The molecule has 0 radical (unpaired) electrons. The van der Waals surface area contributed by atoms with E-state index in [1.165, 1.54) is 5.56 Å². The van der Waals surface area contributed by atoms with E-state index in [0.717, 1.165) is 23.6 Å². The Labute approximate surface area is 136 Å². The molecule has 1 aromatic carbocycles. The first kappa shape index (κ1) is 15.2. The predicted molar refractivity (Wildman–Crippen MR) is 88.9 cm³/mol. The molecule has 0 saturated carbocycles. The van der Waals surface area contributed by atoms with Crippen LogP contribution in [0.25, 0.3) is 0 Å². The van der Waals surface area contributed by atoms with Gasteiger partial charge in [0.15, 0.2) is 0 Å². The van der Waals surface area contributed by atoms with Crippen molar-refractivity contribution < 1.29 is 4.79 Å². The summed E-state index contributed by atoms with van der Waals surface area (Å²) in [6.45, 7) is 4.00. The highest BCUT2D eigenvalue weighted by molar-refractivity contribution is 5.73. The number of urea groups is 1. The maximum absolute atomic E-state index is 12.0. The summed E-state index contributed by atoms with van der Waals surface area (Å²) in [5.41, 5.74) is 3.10. The number of fused-ring (bicyclic) bond motifs is 1. The van der Waals surface area contributed by atoms with Gasteiger partial charge in [-0.2, -0.15) is 0 Å². The van der Waals surface area contributed by atoms with Crippen molar-refractivity contribution in [2.24, 2.45) is 0 Å². The third kappa shape index (κ3) is 3.21. The standard InChI is InChI=1S/C18H20N4O/c1-14-5-4-6-15(11-14)7-8-16-12-19-17-13-21(9-10-22(16)17)18(23)20(2)3/h4-6,11-12H,9-10,13H2,1-3H3. The van der Waals surface area contributed by atoms with Crippen LogP contribution < -0.4 is 0 Å². The lowest BCUT2D eigenvalue weighted by atomic mass is 10.1. The second-order valence-electron chi connectivity index (χ2n) is 5.93. The minimum Gasteiger partial charge on any atom is -0.331 e. The van der Waals surface area contributed by atoms with Crippen molar-refractivity contribution in [3.05, 3.63) is 53.1 Å². The van der Waals surface area contributed by atoms with Crippen LogP contribution in [0.1, 0.15) is 22.6 Å². The van der Waals surface area contributed by atoms with Crippen molar-refractivity contribution >= 4 is 6.03 Å². The smallest absolute Gasteiger partial charge is 0.319 e. The van der Waals surface area contributed by atoms with E-state index in [2.05, 4.69) is 40.4 Å². The SMILES string of the molecule is Cc1cccc(C#Cc2cnc3n2CCN(C(=O)N(C)C)C3)c1. The topological polar surface area (TPSA) is 41.4 Å². The van der Waals surface area contributed by atoms with Gasteiger partial charge in [-0.3, -0.25) is 0 Å². The lowest BCUT2D eigenvalue weighted by molar-refractivity contribution is 0.156. The zero-order valence-corrected chi connectivity index (χ0v) is 13.7. The number of imidazole rings is 1. The van der Waals surface area contributed by atoms with E-state index in [1.807, 2.05) is 12.1 Å². The first-order valence-electron chi connectivity index (χ1n) is 7.64. The summed E-state index contributed by atoms with van der Waals surface area (Å²) in [6.07, 6.45) is 1.79. The summed E-state index contributed by atoms with van der Waals surface area (Å²) in [5.74, 6) is 7.28. The molecule has 1 aromatic heterocycles. The van der Waals surface area contributed by atoms with Crippen LogP contribution in [0.15, 0.2) is 30.5 Å². The molecule has 1 aliphatic rings. The van der Waals surface area contributed by atoms with Crippen molar-refractivity contribution in [2.75, 3.05) is 20.6 Å². The van der Waals surface area contributed by atoms with Gasteiger partial charge in [-0.1, -0.05) is 18.1 Å². The molecule has 5 nitrogen and oxygen atoms in total. The lowest BCUT2D eigenvalue weighted by Gasteiger charge is -2.30. The van der Waals surface area contributed by atoms with Crippen molar-refractivity contribution in [1.29, 1.82) is 0 Å². The minimum absolute atomic E-state index is 0.0200. The van der Waals surface area contributed by atoms with E-state index in [-0.39, 0.29) is 6.03 Å². The van der Waals surface area contributed by atoms with E-state index in [1.54, 1.807) is 30.1 Å². The van der Waals surface area contributed by atoms with Gasteiger partial charge >= 0.3 is 6.03 Å². The monoisotopic (exact) mass is 308 g/mol. The summed E-state index contributed by atoms with van der Waals surface area (Å²) < 4.78 is 2.10. The predicted octanol–water partition coefficient (Wildman–Crippen LogP) is 2.09. The summed E-state index contributed by atoms with van der Waals surface area (Å²) in [5, 5.41) is 0. The fraction of sp³-hybridized carbons (Fsp3) is 0.333. The van der Waals surface area contributed by atoms with Crippen LogP contribution in [-0.4, -0.2) is 46.0 Å². The average Bonchev–Trinajstić information content (AvgIpc) is 2.94. The number of hydrogen-bond donors (Lipinski definition) is 0. The molecule has 23 heavy (non-hydrogen) atoms. The molecule has 5 heteroatoms. The lowest BCUT2D eigenvalue weighted by Crippen LogP contribution is -2.43. The van der Waals surface area contributed by atoms with Gasteiger partial charge in [0, 0.05) is 32.7 Å². The molecule has 2 aromatic rings. The second-order valence-corrected chi connectivity index (χ2v) is 5.93. The van der Waals surface area contributed by atoms with Crippen LogP contribution in [0.2, 0.25) is 0 Å². The highest BCUT2D eigenvalue weighted by Gasteiger charge is 2.23. The van der Waals surface area contributed by atoms with Crippen LogP contribution >= 0.6 is 0 Å². The third-order valence-electron chi connectivity index (χ3n) is 3.87. The van der Waals surface area contributed by atoms with Gasteiger partial charge in [0.1, 0.15) is 11.5 Å². The zero-order valence-electron chi connectivity index (χ0n) is 13.7. The van der Waals surface area contributed by atoms with Crippen LogP contribution in [-0.2, 0) is 13.1 Å². The van der Waals surface area contributed by atoms with Gasteiger partial charge in [-0.25, -0.2) is 9.78 Å². The Hall–Kier alpha value is -2.74. The quantitative estimate of drug-likeness (QED) is 0.699. The van der Waals surface area contributed by atoms with Gasteiger partial charge in [-0.15, -0.1) is 0 Å². The first-order valence-corrected chi connectivity index (χ1v) is 7.64. The molecule has 118 valence electrons. The Balaban J connectivity index is 1.80. The zero-order chi connectivity index (χ0) is 16.4. The summed E-state index contributed by atoms with van der Waals surface area (Å²) in [6, 6.07) is 8.16. The Kier molecular flexibility index (Phi) is 4.07. The van der Waals surface area contributed by atoms with Crippen LogP contribution in [0.4, 0.5) is 4.79 Å². The Morgan fingerprint density at radius 1 is 1.26 bits per heavy atom. The number of hydrogen-bond acceptors (Lipinski definition) is 2. The molecular formula is C18H20N4O. The molecule has 0 aliphatic carbocycles. The van der Waals surface area contributed by atoms with E-state index < -0.39 is 0 Å². The van der Waals surface area contributed by atoms with Gasteiger partial charge in [0.05, 0.1) is 12.7 Å². The molecule has 0 bridgehead atoms. The Morgan fingerprint density at radius 3 is 2.83 bits per heavy atom. The van der Waals surface area contributed by atoms with Gasteiger partial charge in [-0.05, 0) is 30.5 Å². The highest BCUT2D eigenvalue weighted by atomic mass is 16.2. The molecule has 0 unspecified atom stereocenters. The maximum Gasteiger partial charge on any atom is 0.319 e. The van der Waals surface area contributed by atoms with E-state index >= 15 is 0 Å². The van der Waals surface area contributed by atoms with Gasteiger partial charge in [0.2, 0.25) is 0 Å². The number of rotatable bonds is 0. The highest BCUT2D eigenvalue weighted by Crippen LogP contribution is 2.15. The normalized spacial score (nSPS) is 13.1. The van der Waals surface area contributed by atoms with Gasteiger partial charge < -0.3 is 14.4 Å². The minimum atomic E-state index is 0.0200. The molecule has 1 aliphatic heterocycles. The second kappa shape index (κ2) is 6.17. The van der Waals surface area contributed by atoms with E-state index in [4.69, 9.17) is 0 Å². The largest absolute Gasteiger partial charge is 0.331 e. The van der Waals surface area contributed by atoms with Crippen molar-refractivity contribution in [3.63, 3.8) is 0 Å². The fourth-order valence-electron chi connectivity index (χ4n) is 2.67. The third-order valence-corrected chi connectivity index (χ3v) is 3.87. The number of aryl methyl sites for hydroxylation is 1. The molecular weight excluding hydrogens is 288 g/mol. The van der Waals surface area contributed by atoms with E-state index in [0.29, 0.717) is 13.1 Å². The first-order chi connectivity index (χ1) is 11.0. The number of amides is 2. The summed E-state index contributed by atoms with van der Waals surface area (Å²) in [7, 11) is 3.53. The number of carbonyl (C=O) groups is 1. The van der Waals surface area contributed by atoms with Crippen LogP contribution in [0.3, 0.4) is 0 Å². The number of benzene rings is 1. The number of aromatic nitrogens is 2. The average molecular weight is 308 g/mol. The molecule has 0 N–H and O–H groups in total. The number of nitrogens with zero attached hydrogens (tertiary/aromatic N) is 4. The van der Waals surface area contributed by atoms with Crippen molar-refractivity contribution in [2.45, 2.75) is 20.0 Å².